The number of carbonyl (C=O) groups is 1. The van der Waals surface area contributed by atoms with Gasteiger partial charge in [0, 0.05) is 24.4 Å². The predicted molar refractivity (Wildman–Crippen MR) is 101 cm³/mol. The number of amides is 2. The molecule has 0 unspecified atom stereocenters. The maximum atomic E-state index is 11.8. The van der Waals surface area contributed by atoms with Crippen LogP contribution in [0.2, 0.25) is 0 Å². The third kappa shape index (κ3) is 5.77. The summed E-state index contributed by atoms with van der Waals surface area (Å²) in [5, 5.41) is 16.3. The van der Waals surface area contributed by atoms with Gasteiger partial charge in [0.25, 0.3) is 5.69 Å². The predicted octanol–water partition coefficient (Wildman–Crippen LogP) is 5.01. The van der Waals surface area contributed by atoms with E-state index in [2.05, 4.69) is 17.6 Å². The number of nitro benzene ring substituents is 1. The number of rotatable bonds is 8. The zero-order valence-corrected chi connectivity index (χ0v) is 15.0. The van der Waals surface area contributed by atoms with Crippen LogP contribution >= 0.6 is 0 Å². The molecule has 2 amide bonds. The zero-order chi connectivity index (χ0) is 18.9. The van der Waals surface area contributed by atoms with Crippen molar-refractivity contribution in [2.24, 2.45) is 0 Å². The van der Waals surface area contributed by atoms with Gasteiger partial charge in [0.2, 0.25) is 0 Å². The third-order valence-electron chi connectivity index (χ3n) is 3.77. The lowest BCUT2D eigenvalue weighted by Crippen LogP contribution is -2.29. The molecular weight excluding hydrogens is 334 g/mol. The molecule has 0 fully saturated rings. The van der Waals surface area contributed by atoms with Crippen molar-refractivity contribution in [3.05, 3.63) is 58.1 Å². The maximum absolute atomic E-state index is 11.8. The number of non-ortho nitro benzene ring substituents is 1. The van der Waals surface area contributed by atoms with Crippen LogP contribution < -0.4 is 15.4 Å². The van der Waals surface area contributed by atoms with Gasteiger partial charge in [-0.3, -0.25) is 10.1 Å². The average Bonchev–Trinajstić information content (AvgIpc) is 2.61. The first-order valence-corrected chi connectivity index (χ1v) is 8.57. The van der Waals surface area contributed by atoms with Crippen LogP contribution in [0.15, 0.2) is 42.5 Å². The summed E-state index contributed by atoms with van der Waals surface area (Å²) < 4.78 is 5.74. The fourth-order valence-electron chi connectivity index (χ4n) is 2.36. The molecule has 0 bridgehead atoms. The van der Waals surface area contributed by atoms with E-state index in [1.54, 1.807) is 24.3 Å². The Labute approximate surface area is 152 Å². The fourth-order valence-corrected chi connectivity index (χ4v) is 2.36. The molecule has 7 heteroatoms. The number of nitro groups is 1. The number of hydrogen-bond donors (Lipinski definition) is 2. The maximum Gasteiger partial charge on any atom is 0.319 e. The van der Waals surface area contributed by atoms with Crippen molar-refractivity contribution < 1.29 is 14.5 Å². The lowest BCUT2D eigenvalue weighted by atomic mass is 10.2. The molecule has 2 rings (SSSR count). The number of hydrogen-bond acceptors (Lipinski definition) is 4. The average molecular weight is 357 g/mol. The van der Waals surface area contributed by atoms with Gasteiger partial charge in [-0.2, -0.15) is 0 Å². The highest BCUT2D eigenvalue weighted by Gasteiger charge is 2.08. The SMILES string of the molecule is CCCCCNC(=O)Nc1ccc(Oc2ccc([N+](=O)[O-])cc2)c(C)c1. The normalized spacial score (nSPS) is 10.2. The molecule has 0 spiro atoms. The van der Waals surface area contributed by atoms with Crippen molar-refractivity contribution in [1.29, 1.82) is 0 Å². The Morgan fingerprint density at radius 2 is 1.88 bits per heavy atom. The molecule has 0 radical (unpaired) electrons. The number of unbranched alkanes of at least 4 members (excludes halogenated alkanes) is 2. The molecule has 0 aliphatic rings. The molecule has 2 N–H and O–H groups in total. The highest BCUT2D eigenvalue weighted by Crippen LogP contribution is 2.28. The second-order valence-electron chi connectivity index (χ2n) is 5.92. The number of carbonyl (C=O) groups excluding carboxylic acids is 1. The summed E-state index contributed by atoms with van der Waals surface area (Å²) >= 11 is 0. The Hall–Kier alpha value is -3.09. The van der Waals surface area contributed by atoms with E-state index in [9.17, 15) is 14.9 Å². The Kier molecular flexibility index (Phi) is 6.96. The van der Waals surface area contributed by atoms with Crippen molar-refractivity contribution >= 4 is 17.4 Å². The topological polar surface area (TPSA) is 93.5 Å². The summed E-state index contributed by atoms with van der Waals surface area (Å²) in [6.45, 7) is 4.63. The lowest BCUT2D eigenvalue weighted by molar-refractivity contribution is -0.384. The summed E-state index contributed by atoms with van der Waals surface area (Å²) in [7, 11) is 0. The summed E-state index contributed by atoms with van der Waals surface area (Å²) in [4.78, 5) is 22.1. The van der Waals surface area contributed by atoms with E-state index in [1.165, 1.54) is 12.1 Å². The molecule has 0 atom stereocenters. The molecule has 7 nitrogen and oxygen atoms in total. The fraction of sp³-hybridized carbons (Fsp3) is 0.316. The number of ether oxygens (including phenoxy) is 1. The largest absolute Gasteiger partial charge is 0.457 e. The van der Waals surface area contributed by atoms with E-state index in [0.717, 1.165) is 24.8 Å². The summed E-state index contributed by atoms with van der Waals surface area (Å²) in [6, 6.07) is 11.0. The van der Waals surface area contributed by atoms with Gasteiger partial charge < -0.3 is 15.4 Å². The highest BCUT2D eigenvalue weighted by molar-refractivity contribution is 5.89. The van der Waals surface area contributed by atoms with E-state index in [1.807, 2.05) is 13.0 Å². The number of anilines is 1. The first kappa shape index (κ1) is 19.2. The van der Waals surface area contributed by atoms with Gasteiger partial charge >= 0.3 is 6.03 Å². The minimum absolute atomic E-state index is 0.0126. The molecule has 138 valence electrons. The molecule has 0 heterocycles. The van der Waals surface area contributed by atoms with E-state index in [0.29, 0.717) is 23.7 Å². The van der Waals surface area contributed by atoms with Crippen LogP contribution in [0.4, 0.5) is 16.2 Å². The highest BCUT2D eigenvalue weighted by atomic mass is 16.6. The molecule has 2 aromatic carbocycles. The lowest BCUT2D eigenvalue weighted by Gasteiger charge is -2.12. The van der Waals surface area contributed by atoms with Crippen LogP contribution in [0.5, 0.6) is 11.5 Å². The summed E-state index contributed by atoms with van der Waals surface area (Å²) in [5.41, 5.74) is 1.53. The number of urea groups is 1. The second kappa shape index (κ2) is 9.41. The molecule has 0 aliphatic carbocycles. The molecule has 0 aromatic heterocycles. The van der Waals surface area contributed by atoms with Crippen molar-refractivity contribution in [2.45, 2.75) is 33.1 Å². The van der Waals surface area contributed by atoms with Crippen LogP contribution in [0, 0.1) is 17.0 Å². The number of aryl methyl sites for hydroxylation is 1. The zero-order valence-electron chi connectivity index (χ0n) is 15.0. The van der Waals surface area contributed by atoms with Crippen LogP contribution in [-0.2, 0) is 0 Å². The van der Waals surface area contributed by atoms with Crippen molar-refractivity contribution in [2.75, 3.05) is 11.9 Å². The van der Waals surface area contributed by atoms with E-state index in [4.69, 9.17) is 4.74 Å². The first-order chi connectivity index (χ1) is 12.5. The quantitative estimate of drug-likeness (QED) is 0.394. The number of nitrogens with zero attached hydrogens (tertiary/aromatic N) is 1. The molecule has 0 saturated carbocycles. The van der Waals surface area contributed by atoms with Gasteiger partial charge in [0.1, 0.15) is 11.5 Å². The van der Waals surface area contributed by atoms with Gasteiger partial charge in [-0.05, 0) is 49.2 Å². The first-order valence-electron chi connectivity index (χ1n) is 8.57. The Morgan fingerprint density at radius 1 is 1.15 bits per heavy atom. The number of nitrogens with one attached hydrogen (secondary N) is 2. The minimum Gasteiger partial charge on any atom is -0.457 e. The minimum atomic E-state index is -0.456. The van der Waals surface area contributed by atoms with Crippen LogP contribution in [0.1, 0.15) is 31.7 Å². The second-order valence-corrected chi connectivity index (χ2v) is 5.92. The summed E-state index contributed by atoms with van der Waals surface area (Å²) in [5.74, 6) is 1.13. The standard InChI is InChI=1S/C19H23N3O4/c1-3-4-5-12-20-19(23)21-15-6-11-18(14(2)13-15)26-17-9-7-16(8-10-17)22(24)25/h6-11,13H,3-5,12H2,1-2H3,(H2,20,21,23). The van der Waals surface area contributed by atoms with Crippen molar-refractivity contribution in [3.63, 3.8) is 0 Å². The van der Waals surface area contributed by atoms with Gasteiger partial charge in [-0.25, -0.2) is 4.79 Å². The van der Waals surface area contributed by atoms with E-state index < -0.39 is 4.92 Å². The van der Waals surface area contributed by atoms with Gasteiger partial charge in [-0.1, -0.05) is 19.8 Å². The van der Waals surface area contributed by atoms with Crippen LogP contribution in [-0.4, -0.2) is 17.5 Å². The van der Waals surface area contributed by atoms with E-state index >= 15 is 0 Å². The number of benzene rings is 2. The van der Waals surface area contributed by atoms with E-state index in [-0.39, 0.29) is 11.7 Å². The Balaban J connectivity index is 1.94. The Bertz CT molecular complexity index is 760. The molecule has 26 heavy (non-hydrogen) atoms. The van der Waals surface area contributed by atoms with Crippen molar-refractivity contribution in [1.82, 2.24) is 5.32 Å². The Morgan fingerprint density at radius 3 is 2.50 bits per heavy atom. The van der Waals surface area contributed by atoms with Crippen LogP contribution in [0.3, 0.4) is 0 Å². The summed E-state index contributed by atoms with van der Waals surface area (Å²) in [6.07, 6.45) is 3.16. The van der Waals surface area contributed by atoms with Crippen molar-refractivity contribution in [3.8, 4) is 11.5 Å². The molecule has 0 saturated heterocycles. The van der Waals surface area contributed by atoms with Gasteiger partial charge in [0.05, 0.1) is 4.92 Å². The molecular formula is C19H23N3O4. The smallest absolute Gasteiger partial charge is 0.319 e. The van der Waals surface area contributed by atoms with Gasteiger partial charge in [0.15, 0.2) is 0 Å². The molecule has 0 aliphatic heterocycles. The molecule has 2 aromatic rings. The van der Waals surface area contributed by atoms with Crippen LogP contribution in [0.25, 0.3) is 0 Å². The third-order valence-corrected chi connectivity index (χ3v) is 3.77. The van der Waals surface area contributed by atoms with Gasteiger partial charge in [-0.15, -0.1) is 0 Å². The monoisotopic (exact) mass is 357 g/mol.